The molecule has 5 rings (SSSR count). The van der Waals surface area contributed by atoms with Crippen LogP contribution in [0, 0.1) is 0 Å². The molecule has 0 spiro atoms. The van der Waals surface area contributed by atoms with E-state index in [1.807, 2.05) is 83.4 Å². The molecule has 0 saturated carbocycles. The number of aliphatic hydroxyl groups excluding tert-OH is 1. The van der Waals surface area contributed by atoms with E-state index in [1.54, 1.807) is 12.0 Å². The van der Waals surface area contributed by atoms with Crippen LogP contribution >= 0.6 is 0 Å². The molecule has 2 heterocycles. The molecule has 0 radical (unpaired) electrons. The molecule has 34 heavy (non-hydrogen) atoms. The van der Waals surface area contributed by atoms with Gasteiger partial charge < -0.3 is 24.0 Å². The summed E-state index contributed by atoms with van der Waals surface area (Å²) in [7, 11) is 1.62. The lowest BCUT2D eigenvalue weighted by atomic mass is 10.1. The Balaban J connectivity index is 1.37. The van der Waals surface area contributed by atoms with E-state index >= 15 is 0 Å². The van der Waals surface area contributed by atoms with E-state index in [1.165, 1.54) is 0 Å². The summed E-state index contributed by atoms with van der Waals surface area (Å²) in [6, 6.07) is 24.8. The molecule has 7 heteroatoms. The number of aromatic nitrogens is 2. The lowest BCUT2D eigenvalue weighted by Gasteiger charge is -2.19. The Morgan fingerprint density at radius 1 is 1.00 bits per heavy atom. The summed E-state index contributed by atoms with van der Waals surface area (Å²) in [5.74, 6) is 2.25. The summed E-state index contributed by atoms with van der Waals surface area (Å²) in [5, 5.41) is 10.8. The molecule has 1 amide bonds. The van der Waals surface area contributed by atoms with Gasteiger partial charge in [-0.15, -0.1) is 0 Å². The van der Waals surface area contributed by atoms with E-state index in [4.69, 9.17) is 14.5 Å². The molecule has 174 valence electrons. The monoisotopic (exact) mass is 457 g/mol. The first-order valence-corrected chi connectivity index (χ1v) is 11.4. The Morgan fingerprint density at radius 3 is 2.50 bits per heavy atom. The molecule has 7 nitrogen and oxygen atoms in total. The number of nitrogens with zero attached hydrogens (tertiary/aromatic N) is 3. The number of rotatable bonds is 8. The van der Waals surface area contributed by atoms with Crippen molar-refractivity contribution in [1.29, 1.82) is 0 Å². The minimum absolute atomic E-state index is 0.0572. The van der Waals surface area contributed by atoms with Crippen molar-refractivity contribution in [2.45, 2.75) is 25.0 Å². The molecular weight excluding hydrogens is 430 g/mol. The minimum Gasteiger partial charge on any atom is -0.497 e. The largest absolute Gasteiger partial charge is 0.497 e. The van der Waals surface area contributed by atoms with Crippen molar-refractivity contribution in [1.82, 2.24) is 9.55 Å². The third-order valence-corrected chi connectivity index (χ3v) is 6.14. The second-order valence-corrected chi connectivity index (χ2v) is 8.45. The molecule has 1 aromatic heterocycles. The number of amides is 1. The third kappa shape index (κ3) is 4.47. The third-order valence-electron chi connectivity index (χ3n) is 6.14. The number of anilines is 1. The van der Waals surface area contributed by atoms with Gasteiger partial charge in [0.1, 0.15) is 30.0 Å². The molecule has 0 aliphatic carbocycles. The number of imidazole rings is 1. The Kier molecular flexibility index (Phi) is 6.18. The summed E-state index contributed by atoms with van der Waals surface area (Å²) < 4.78 is 13.0. The van der Waals surface area contributed by atoms with Crippen LogP contribution in [0.15, 0.2) is 78.9 Å². The predicted molar refractivity (Wildman–Crippen MR) is 130 cm³/mol. The smallest absolute Gasteiger partial charge is 0.227 e. The highest BCUT2D eigenvalue weighted by Crippen LogP contribution is 2.34. The summed E-state index contributed by atoms with van der Waals surface area (Å²) in [4.78, 5) is 19.6. The zero-order valence-corrected chi connectivity index (χ0v) is 19.0. The van der Waals surface area contributed by atoms with Crippen LogP contribution in [0.1, 0.15) is 18.2 Å². The number of carbonyl (C=O) groups excluding carboxylic acids is 1. The van der Waals surface area contributed by atoms with E-state index in [0.717, 1.165) is 28.3 Å². The van der Waals surface area contributed by atoms with Crippen molar-refractivity contribution < 1.29 is 19.4 Å². The number of para-hydroxylation sites is 3. The van der Waals surface area contributed by atoms with Gasteiger partial charge in [-0.2, -0.15) is 0 Å². The van der Waals surface area contributed by atoms with E-state index in [-0.39, 0.29) is 18.4 Å². The van der Waals surface area contributed by atoms with Crippen LogP contribution < -0.4 is 14.4 Å². The number of ether oxygens (including phenoxy) is 2. The fourth-order valence-electron chi connectivity index (χ4n) is 4.46. The highest BCUT2D eigenvalue weighted by Gasteiger charge is 2.35. The summed E-state index contributed by atoms with van der Waals surface area (Å²) in [6.45, 7) is 1.03. The first-order chi connectivity index (χ1) is 16.6. The first kappa shape index (κ1) is 22.0. The average molecular weight is 458 g/mol. The minimum atomic E-state index is -0.730. The molecule has 3 aromatic carbocycles. The average Bonchev–Trinajstić information content (AvgIpc) is 3.44. The maximum Gasteiger partial charge on any atom is 0.227 e. The fraction of sp³-hybridized carbons (Fsp3) is 0.259. The van der Waals surface area contributed by atoms with Crippen molar-refractivity contribution in [2.24, 2.45) is 0 Å². The number of benzene rings is 3. The molecule has 2 atom stereocenters. The van der Waals surface area contributed by atoms with Crippen molar-refractivity contribution in [3.05, 3.63) is 84.7 Å². The first-order valence-electron chi connectivity index (χ1n) is 11.4. The fourth-order valence-corrected chi connectivity index (χ4v) is 4.46. The molecule has 1 saturated heterocycles. The normalized spacial score (nSPS) is 16.7. The molecule has 0 bridgehead atoms. The number of hydrogen-bond donors (Lipinski definition) is 1. The summed E-state index contributed by atoms with van der Waals surface area (Å²) in [6.07, 6.45) is -0.363. The van der Waals surface area contributed by atoms with Gasteiger partial charge >= 0.3 is 0 Å². The van der Waals surface area contributed by atoms with Crippen LogP contribution in [-0.4, -0.2) is 46.9 Å². The zero-order valence-electron chi connectivity index (χ0n) is 19.0. The Labute approximate surface area is 198 Å². The Bertz CT molecular complexity index is 1270. The highest BCUT2D eigenvalue weighted by atomic mass is 16.5. The van der Waals surface area contributed by atoms with Crippen molar-refractivity contribution in [3.8, 4) is 11.5 Å². The molecular formula is C27H27N3O4. The molecule has 1 aliphatic heterocycles. The number of fused-ring (bicyclic) bond motifs is 1. The van der Waals surface area contributed by atoms with Crippen LogP contribution in [0.3, 0.4) is 0 Å². The van der Waals surface area contributed by atoms with Gasteiger partial charge in [0.25, 0.3) is 0 Å². The Morgan fingerprint density at radius 2 is 1.74 bits per heavy atom. The summed E-state index contributed by atoms with van der Waals surface area (Å²) >= 11 is 0. The number of aliphatic hydroxyl groups is 1. The molecule has 1 N–H and O–H groups in total. The van der Waals surface area contributed by atoms with Crippen molar-refractivity contribution >= 4 is 22.6 Å². The maximum atomic E-state index is 12.9. The number of hydrogen-bond acceptors (Lipinski definition) is 5. The van der Waals surface area contributed by atoms with Crippen LogP contribution in [0.4, 0.5) is 5.69 Å². The quantitative estimate of drug-likeness (QED) is 0.433. The summed E-state index contributed by atoms with van der Waals surface area (Å²) in [5.41, 5.74) is 2.63. The molecule has 1 fully saturated rings. The Hall–Kier alpha value is -3.84. The van der Waals surface area contributed by atoms with Crippen LogP contribution in [0.2, 0.25) is 0 Å². The second-order valence-electron chi connectivity index (χ2n) is 8.45. The van der Waals surface area contributed by atoms with E-state index in [0.29, 0.717) is 25.3 Å². The van der Waals surface area contributed by atoms with Gasteiger partial charge in [0, 0.05) is 24.6 Å². The second kappa shape index (κ2) is 9.57. The van der Waals surface area contributed by atoms with Gasteiger partial charge in [-0.3, -0.25) is 4.79 Å². The van der Waals surface area contributed by atoms with Gasteiger partial charge in [-0.25, -0.2) is 4.98 Å². The SMILES string of the molecule is COc1ccc(N2CC(c3nc4ccccc4n3CC(O)COc3ccccc3)CC2=O)cc1. The molecule has 4 aromatic rings. The molecule has 2 unspecified atom stereocenters. The van der Waals surface area contributed by atoms with Crippen LogP contribution in [-0.2, 0) is 11.3 Å². The standard InChI is InChI=1S/C27H27N3O4/c1-33-22-13-11-20(12-14-22)29-16-19(15-26(29)32)27-28-24-9-5-6-10-25(24)30(27)17-21(31)18-34-23-7-3-2-4-8-23/h2-14,19,21,31H,15-18H2,1H3. The maximum absolute atomic E-state index is 12.9. The van der Waals surface area contributed by atoms with E-state index < -0.39 is 6.10 Å². The predicted octanol–water partition coefficient (Wildman–Crippen LogP) is 4.01. The van der Waals surface area contributed by atoms with Gasteiger partial charge in [0.05, 0.1) is 24.7 Å². The molecule has 1 aliphatic rings. The lowest BCUT2D eigenvalue weighted by Crippen LogP contribution is -2.26. The van der Waals surface area contributed by atoms with E-state index in [9.17, 15) is 9.90 Å². The topological polar surface area (TPSA) is 76.8 Å². The van der Waals surface area contributed by atoms with Gasteiger partial charge in [0.15, 0.2) is 0 Å². The highest BCUT2D eigenvalue weighted by molar-refractivity contribution is 5.96. The number of methoxy groups -OCH3 is 1. The van der Waals surface area contributed by atoms with Gasteiger partial charge in [-0.1, -0.05) is 30.3 Å². The van der Waals surface area contributed by atoms with Gasteiger partial charge in [-0.05, 0) is 48.5 Å². The van der Waals surface area contributed by atoms with Crippen molar-refractivity contribution in [3.63, 3.8) is 0 Å². The van der Waals surface area contributed by atoms with Crippen LogP contribution in [0.5, 0.6) is 11.5 Å². The van der Waals surface area contributed by atoms with Crippen LogP contribution in [0.25, 0.3) is 11.0 Å². The zero-order chi connectivity index (χ0) is 23.5. The number of carbonyl (C=O) groups is 1. The van der Waals surface area contributed by atoms with Crippen molar-refractivity contribution in [2.75, 3.05) is 25.2 Å². The van der Waals surface area contributed by atoms with Gasteiger partial charge in [0.2, 0.25) is 5.91 Å². The lowest BCUT2D eigenvalue weighted by molar-refractivity contribution is -0.117. The van der Waals surface area contributed by atoms with E-state index in [2.05, 4.69) is 0 Å².